The molecule has 14 heteroatoms. The van der Waals surface area contributed by atoms with Crippen molar-refractivity contribution in [2.75, 3.05) is 38.8 Å². The number of rotatable bonds is 15. The molecule has 2 aromatic carbocycles. The predicted molar refractivity (Wildman–Crippen MR) is 150 cm³/mol. The molecule has 4 amide bonds. The minimum absolute atomic E-state index is 0.0688. The van der Waals surface area contributed by atoms with Crippen molar-refractivity contribution in [1.82, 2.24) is 21.3 Å². The number of hydrogen-bond acceptors (Lipinski definition) is 10. The second-order valence-electron chi connectivity index (χ2n) is 7.94. The SMILES string of the molecule is COC(=O)CNC(=O)[C@H](CSSC[C@H](NC(=O)c1ccccc1)C(=O)NCC(=O)OC)NC(=O)c1ccccc1. The zero-order chi connectivity index (χ0) is 29.3. The fourth-order valence-corrected chi connectivity index (χ4v) is 5.30. The van der Waals surface area contributed by atoms with Crippen molar-refractivity contribution in [2.45, 2.75) is 12.1 Å². The van der Waals surface area contributed by atoms with Crippen molar-refractivity contribution in [3.63, 3.8) is 0 Å². The van der Waals surface area contributed by atoms with E-state index in [1.54, 1.807) is 60.7 Å². The van der Waals surface area contributed by atoms with E-state index in [1.165, 1.54) is 35.8 Å². The number of nitrogens with one attached hydrogen (secondary N) is 4. The van der Waals surface area contributed by atoms with Crippen LogP contribution >= 0.6 is 21.6 Å². The maximum absolute atomic E-state index is 12.7. The van der Waals surface area contributed by atoms with E-state index >= 15 is 0 Å². The van der Waals surface area contributed by atoms with Crippen LogP contribution in [-0.4, -0.2) is 86.5 Å². The molecule has 0 aliphatic carbocycles. The first-order valence-electron chi connectivity index (χ1n) is 11.9. The van der Waals surface area contributed by atoms with Crippen molar-refractivity contribution in [2.24, 2.45) is 0 Å². The molecule has 0 heterocycles. The van der Waals surface area contributed by atoms with Crippen LogP contribution < -0.4 is 21.3 Å². The van der Waals surface area contributed by atoms with E-state index in [-0.39, 0.29) is 24.6 Å². The molecule has 12 nitrogen and oxygen atoms in total. The van der Waals surface area contributed by atoms with Crippen molar-refractivity contribution < 1.29 is 38.2 Å². The van der Waals surface area contributed by atoms with Crippen LogP contribution in [0.2, 0.25) is 0 Å². The minimum atomic E-state index is -1.03. The predicted octanol–water partition coefficient (Wildman–Crippen LogP) is 0.543. The summed E-state index contributed by atoms with van der Waals surface area (Å²) in [5, 5.41) is 10.1. The highest BCUT2D eigenvalue weighted by Gasteiger charge is 2.25. The lowest BCUT2D eigenvalue weighted by molar-refractivity contribution is -0.141. The van der Waals surface area contributed by atoms with Gasteiger partial charge in [-0.1, -0.05) is 58.0 Å². The monoisotopic (exact) mass is 590 g/mol. The number of carbonyl (C=O) groups excluding carboxylic acids is 6. The van der Waals surface area contributed by atoms with Gasteiger partial charge in [-0.05, 0) is 24.3 Å². The number of hydrogen-bond donors (Lipinski definition) is 4. The highest BCUT2D eigenvalue weighted by atomic mass is 33.1. The molecule has 2 rings (SSSR count). The molecule has 4 N–H and O–H groups in total. The Bertz CT molecular complexity index is 1080. The van der Waals surface area contributed by atoms with Crippen molar-refractivity contribution in [1.29, 1.82) is 0 Å². The summed E-state index contributed by atoms with van der Waals surface area (Å²) in [6, 6.07) is 14.5. The van der Waals surface area contributed by atoms with Crippen LogP contribution in [0.5, 0.6) is 0 Å². The van der Waals surface area contributed by atoms with Crippen LogP contribution in [-0.2, 0) is 28.7 Å². The van der Waals surface area contributed by atoms with Crippen molar-refractivity contribution >= 4 is 57.2 Å². The van der Waals surface area contributed by atoms with Gasteiger partial charge in [-0.3, -0.25) is 28.8 Å². The summed E-state index contributed by atoms with van der Waals surface area (Å²) >= 11 is 0. The van der Waals surface area contributed by atoms with Gasteiger partial charge in [0.2, 0.25) is 11.8 Å². The van der Waals surface area contributed by atoms with Crippen molar-refractivity contribution in [3.05, 3.63) is 71.8 Å². The lowest BCUT2D eigenvalue weighted by atomic mass is 10.2. The maximum Gasteiger partial charge on any atom is 0.325 e. The van der Waals surface area contributed by atoms with E-state index in [9.17, 15) is 28.8 Å². The standard InChI is InChI=1S/C26H30N4O8S2/c1-37-21(31)13-27-25(35)19(29-23(33)17-9-5-3-6-10-17)15-39-40-16-20(26(36)28-14-22(32)38-2)30-24(34)18-11-7-4-8-12-18/h3-12,19-20H,13-16H2,1-2H3,(H,27,35)(H,28,36)(H,29,33)(H,30,34)/t19-,20-/m0/s1. The number of amides is 4. The number of methoxy groups -OCH3 is 2. The van der Waals surface area contributed by atoms with Crippen LogP contribution in [0.3, 0.4) is 0 Å². The molecule has 0 saturated carbocycles. The van der Waals surface area contributed by atoms with E-state index in [0.29, 0.717) is 11.1 Å². The molecule has 214 valence electrons. The van der Waals surface area contributed by atoms with Gasteiger partial charge in [-0.25, -0.2) is 0 Å². The summed E-state index contributed by atoms with van der Waals surface area (Å²) in [6.45, 7) is -0.752. The molecule has 40 heavy (non-hydrogen) atoms. The Kier molecular flexibility index (Phi) is 14.1. The molecule has 0 aromatic heterocycles. The van der Waals surface area contributed by atoms with Crippen LogP contribution in [0.4, 0.5) is 0 Å². The molecule has 0 saturated heterocycles. The lowest BCUT2D eigenvalue weighted by Crippen LogP contribution is -2.50. The van der Waals surface area contributed by atoms with Gasteiger partial charge >= 0.3 is 11.9 Å². The summed E-state index contributed by atoms with van der Waals surface area (Å²) in [4.78, 5) is 73.7. The third-order valence-electron chi connectivity index (χ3n) is 5.14. The molecule has 0 aliphatic rings. The highest BCUT2D eigenvalue weighted by molar-refractivity contribution is 8.76. The highest BCUT2D eigenvalue weighted by Crippen LogP contribution is 2.23. The number of ether oxygens (including phenoxy) is 2. The van der Waals surface area contributed by atoms with Crippen molar-refractivity contribution in [3.8, 4) is 0 Å². The van der Waals surface area contributed by atoms with Gasteiger partial charge in [-0.15, -0.1) is 0 Å². The topological polar surface area (TPSA) is 169 Å². The van der Waals surface area contributed by atoms with E-state index in [1.807, 2.05) is 0 Å². The molecular formula is C26H30N4O8S2. The minimum Gasteiger partial charge on any atom is -0.468 e. The Morgan fingerprint density at radius 1 is 0.625 bits per heavy atom. The fourth-order valence-electron chi connectivity index (χ4n) is 2.97. The summed E-state index contributed by atoms with van der Waals surface area (Å²) in [5.41, 5.74) is 0.689. The van der Waals surface area contributed by atoms with Gasteiger partial charge in [0.1, 0.15) is 25.2 Å². The zero-order valence-corrected chi connectivity index (χ0v) is 23.5. The second kappa shape index (κ2) is 17.5. The van der Waals surface area contributed by atoms with Gasteiger partial charge in [-0.2, -0.15) is 0 Å². The molecule has 0 unspecified atom stereocenters. The van der Waals surface area contributed by atoms with Gasteiger partial charge in [0, 0.05) is 22.6 Å². The van der Waals surface area contributed by atoms with Gasteiger partial charge in [0.05, 0.1) is 14.2 Å². The van der Waals surface area contributed by atoms with E-state index in [0.717, 1.165) is 0 Å². The number of benzene rings is 2. The molecule has 2 atom stereocenters. The van der Waals surface area contributed by atoms with Crippen LogP contribution in [0.25, 0.3) is 0 Å². The molecule has 0 bridgehead atoms. The molecule has 2 aromatic rings. The molecular weight excluding hydrogens is 560 g/mol. The number of esters is 2. The van der Waals surface area contributed by atoms with E-state index in [2.05, 4.69) is 30.7 Å². The van der Waals surface area contributed by atoms with Crippen LogP contribution in [0.1, 0.15) is 20.7 Å². The summed E-state index contributed by atoms with van der Waals surface area (Å²) in [5.74, 6) is -3.35. The molecule has 0 aliphatic heterocycles. The third-order valence-corrected chi connectivity index (χ3v) is 7.56. The Morgan fingerprint density at radius 3 is 1.30 bits per heavy atom. The van der Waals surface area contributed by atoms with E-state index in [4.69, 9.17) is 0 Å². The molecule has 0 radical (unpaired) electrons. The summed E-state index contributed by atoms with van der Waals surface area (Å²) < 4.78 is 9.06. The Balaban J connectivity index is 2.03. The quantitative estimate of drug-likeness (QED) is 0.131. The van der Waals surface area contributed by atoms with Gasteiger partial charge < -0.3 is 30.7 Å². The molecule has 0 fully saturated rings. The van der Waals surface area contributed by atoms with E-state index < -0.39 is 47.7 Å². The Morgan fingerprint density at radius 2 is 0.975 bits per heavy atom. The first kappa shape index (κ1) is 32.2. The van der Waals surface area contributed by atoms with Crippen LogP contribution in [0.15, 0.2) is 60.7 Å². The summed E-state index contributed by atoms with van der Waals surface area (Å²) in [7, 11) is 4.70. The number of carbonyl (C=O) groups is 6. The Hall–Kier alpha value is -4.04. The largest absolute Gasteiger partial charge is 0.468 e. The summed E-state index contributed by atoms with van der Waals surface area (Å²) in [6.07, 6.45) is 0. The molecule has 0 spiro atoms. The normalized spacial score (nSPS) is 11.8. The van der Waals surface area contributed by atoms with Crippen LogP contribution in [0, 0.1) is 0 Å². The fraction of sp³-hybridized carbons (Fsp3) is 0.308. The Labute approximate surface area is 239 Å². The van der Waals surface area contributed by atoms with Gasteiger partial charge in [0.15, 0.2) is 0 Å². The lowest BCUT2D eigenvalue weighted by Gasteiger charge is -2.20. The maximum atomic E-state index is 12.7. The average molecular weight is 591 g/mol. The zero-order valence-electron chi connectivity index (χ0n) is 21.8. The first-order chi connectivity index (χ1) is 19.2. The first-order valence-corrected chi connectivity index (χ1v) is 14.4. The smallest absolute Gasteiger partial charge is 0.325 e. The second-order valence-corrected chi connectivity index (χ2v) is 10.5. The van der Waals surface area contributed by atoms with Gasteiger partial charge in [0.25, 0.3) is 11.8 Å². The average Bonchev–Trinajstić information content (AvgIpc) is 2.99. The third kappa shape index (κ3) is 11.4.